The van der Waals surface area contributed by atoms with Crippen LogP contribution in [0.3, 0.4) is 0 Å². The van der Waals surface area contributed by atoms with Crippen molar-refractivity contribution in [3.63, 3.8) is 0 Å². The van der Waals surface area contributed by atoms with Gasteiger partial charge in [0.1, 0.15) is 23.7 Å². The van der Waals surface area contributed by atoms with Crippen molar-refractivity contribution < 1.29 is 33.5 Å². The summed E-state index contributed by atoms with van der Waals surface area (Å²) in [5, 5.41) is 10.6. The average molecular weight is 674 g/mol. The lowest BCUT2D eigenvalue weighted by atomic mass is 9.79. The predicted molar refractivity (Wildman–Crippen MR) is 185 cm³/mol. The van der Waals surface area contributed by atoms with E-state index in [-0.39, 0.29) is 37.3 Å². The SMILES string of the molecule is C#CCCC(NC(=O)[C@@H]1C[C@@H](C(C)(C)C)CN1C(=O)[C@@H](NC(=O)N[C@H](C(=O)OC(C)(C)C)C(C)(C)C)C(C)(C)C)C(=O)C(=O)NCC=C. The summed E-state index contributed by atoms with van der Waals surface area (Å²) in [6.07, 6.45) is 7.31. The number of hydrogen-bond acceptors (Lipinski definition) is 7. The molecule has 1 aliphatic rings. The molecule has 48 heavy (non-hydrogen) atoms. The van der Waals surface area contributed by atoms with Gasteiger partial charge in [-0.05, 0) is 55.8 Å². The Labute approximate surface area is 287 Å². The summed E-state index contributed by atoms with van der Waals surface area (Å²) in [5.41, 5.74) is -2.59. The first-order valence-corrected chi connectivity index (χ1v) is 16.5. The third kappa shape index (κ3) is 12.6. The van der Waals surface area contributed by atoms with E-state index in [9.17, 15) is 28.8 Å². The van der Waals surface area contributed by atoms with Crippen molar-refractivity contribution in [1.82, 2.24) is 26.2 Å². The van der Waals surface area contributed by atoms with Crippen LogP contribution in [0.2, 0.25) is 0 Å². The largest absolute Gasteiger partial charge is 0.458 e. The third-order valence-corrected chi connectivity index (χ3v) is 8.12. The zero-order valence-electron chi connectivity index (χ0n) is 31.1. The number of terminal acetylenes is 1. The van der Waals surface area contributed by atoms with Gasteiger partial charge >= 0.3 is 12.0 Å². The maximum absolute atomic E-state index is 14.4. The molecule has 0 radical (unpaired) electrons. The molecule has 1 unspecified atom stereocenters. The Balaban J connectivity index is 3.42. The van der Waals surface area contributed by atoms with Crippen molar-refractivity contribution in [2.24, 2.45) is 22.2 Å². The second kappa shape index (κ2) is 16.5. The third-order valence-electron chi connectivity index (χ3n) is 8.12. The van der Waals surface area contributed by atoms with Crippen LogP contribution in [0.4, 0.5) is 4.79 Å². The summed E-state index contributed by atoms with van der Waals surface area (Å²) in [6.45, 7) is 25.8. The number of rotatable bonds is 12. The summed E-state index contributed by atoms with van der Waals surface area (Å²) >= 11 is 0. The topological polar surface area (TPSA) is 163 Å². The first-order chi connectivity index (χ1) is 21.7. The molecule has 12 heteroatoms. The summed E-state index contributed by atoms with van der Waals surface area (Å²) in [5.74, 6) is -1.11. The predicted octanol–water partition coefficient (Wildman–Crippen LogP) is 3.49. The van der Waals surface area contributed by atoms with Crippen molar-refractivity contribution in [3.05, 3.63) is 12.7 Å². The summed E-state index contributed by atoms with van der Waals surface area (Å²) in [4.78, 5) is 81.7. The first-order valence-electron chi connectivity index (χ1n) is 16.5. The summed E-state index contributed by atoms with van der Waals surface area (Å²) in [6, 6.07) is -5.06. The van der Waals surface area contributed by atoms with E-state index in [1.54, 1.807) is 62.3 Å². The number of ketones is 1. The molecule has 1 aliphatic heterocycles. The Morgan fingerprint density at radius 1 is 0.896 bits per heavy atom. The van der Waals surface area contributed by atoms with Crippen molar-refractivity contribution in [1.29, 1.82) is 0 Å². The van der Waals surface area contributed by atoms with Gasteiger partial charge in [-0.25, -0.2) is 9.59 Å². The lowest BCUT2D eigenvalue weighted by Crippen LogP contribution is -2.62. The fraction of sp³-hybridized carbons (Fsp3) is 0.722. The molecule has 1 rings (SSSR count). The van der Waals surface area contributed by atoms with Crippen LogP contribution in [0.1, 0.15) is 102 Å². The Hall–Kier alpha value is -3.88. The van der Waals surface area contributed by atoms with E-state index in [1.807, 2.05) is 20.8 Å². The van der Waals surface area contributed by atoms with Gasteiger partial charge in [-0.3, -0.25) is 19.2 Å². The number of ether oxygens (including phenoxy) is 1. The van der Waals surface area contributed by atoms with Gasteiger partial charge in [-0.2, -0.15) is 0 Å². The van der Waals surface area contributed by atoms with Crippen LogP contribution in [-0.4, -0.2) is 83.3 Å². The molecule has 270 valence electrons. The van der Waals surface area contributed by atoms with Crippen LogP contribution in [0.15, 0.2) is 12.7 Å². The normalized spacial score (nSPS) is 18.8. The van der Waals surface area contributed by atoms with E-state index in [0.29, 0.717) is 6.42 Å². The maximum Gasteiger partial charge on any atom is 0.329 e. The minimum Gasteiger partial charge on any atom is -0.458 e. The molecule has 0 aromatic rings. The molecule has 1 saturated heterocycles. The number of likely N-dealkylation sites (tertiary alicyclic amines) is 1. The van der Waals surface area contributed by atoms with Crippen LogP contribution in [0.25, 0.3) is 0 Å². The minimum atomic E-state index is -1.20. The molecular formula is C36H59N5O7. The molecule has 5 amide bonds. The number of Topliss-reactive ketones (excluding diaryl/α,β-unsaturated/α-hetero) is 1. The van der Waals surface area contributed by atoms with E-state index < -0.39 is 76.1 Å². The lowest BCUT2D eigenvalue weighted by molar-refractivity contribution is -0.160. The van der Waals surface area contributed by atoms with Crippen molar-refractivity contribution >= 4 is 35.5 Å². The van der Waals surface area contributed by atoms with Gasteiger partial charge in [0.2, 0.25) is 17.6 Å². The fourth-order valence-electron chi connectivity index (χ4n) is 5.24. The number of nitrogens with one attached hydrogen (secondary N) is 4. The molecule has 1 heterocycles. The molecular weight excluding hydrogens is 614 g/mol. The lowest BCUT2D eigenvalue weighted by Gasteiger charge is -2.37. The summed E-state index contributed by atoms with van der Waals surface area (Å²) in [7, 11) is 0. The van der Waals surface area contributed by atoms with Gasteiger partial charge in [-0.1, -0.05) is 68.4 Å². The van der Waals surface area contributed by atoms with Crippen molar-refractivity contribution in [2.45, 2.75) is 132 Å². The van der Waals surface area contributed by atoms with E-state index in [4.69, 9.17) is 11.2 Å². The Morgan fingerprint density at radius 3 is 1.90 bits per heavy atom. The number of amides is 5. The van der Waals surface area contributed by atoms with Crippen LogP contribution >= 0.6 is 0 Å². The zero-order valence-corrected chi connectivity index (χ0v) is 31.1. The minimum absolute atomic E-state index is 0.0326. The molecule has 0 aliphatic carbocycles. The monoisotopic (exact) mass is 673 g/mol. The Bertz CT molecular complexity index is 1260. The smallest absolute Gasteiger partial charge is 0.329 e. The van der Waals surface area contributed by atoms with E-state index in [2.05, 4.69) is 33.8 Å². The highest BCUT2D eigenvalue weighted by atomic mass is 16.6. The van der Waals surface area contributed by atoms with Gasteiger partial charge in [0.15, 0.2) is 0 Å². The van der Waals surface area contributed by atoms with Gasteiger partial charge in [0, 0.05) is 19.5 Å². The number of hydrogen-bond donors (Lipinski definition) is 4. The standard InChI is InChI=1S/C36H59N5O7/c1-15-17-18-23(25(42)29(44)37-19-16-2)38-28(43)24-20-22(33(3,4)5)21-41(24)30(45)26(34(6,7)8)39-32(47)40-27(35(9,10)11)31(46)48-36(12,13)14/h1,16,22-24,26-27H,2,17-21H2,3-14H3,(H,37,44)(H,38,43)(H2,39,40,47)/t22-,23?,24+,26-,27-/m1/s1. The van der Waals surface area contributed by atoms with Gasteiger partial charge in [0.25, 0.3) is 5.91 Å². The number of nitrogens with zero attached hydrogens (tertiary/aromatic N) is 1. The number of esters is 1. The molecule has 0 saturated carbocycles. The highest BCUT2D eigenvalue weighted by Crippen LogP contribution is 2.38. The van der Waals surface area contributed by atoms with E-state index in [0.717, 1.165) is 0 Å². The Kier molecular flexibility index (Phi) is 14.5. The van der Waals surface area contributed by atoms with Crippen molar-refractivity contribution in [2.75, 3.05) is 13.1 Å². The molecule has 4 N–H and O–H groups in total. The molecule has 12 nitrogen and oxygen atoms in total. The van der Waals surface area contributed by atoms with Gasteiger partial charge < -0.3 is 30.9 Å². The maximum atomic E-state index is 14.4. The number of urea groups is 1. The molecule has 0 bridgehead atoms. The van der Waals surface area contributed by atoms with Crippen LogP contribution in [-0.2, 0) is 28.7 Å². The van der Waals surface area contributed by atoms with Crippen molar-refractivity contribution in [3.8, 4) is 12.3 Å². The average Bonchev–Trinajstić information content (AvgIpc) is 3.39. The molecule has 0 aromatic carbocycles. The van der Waals surface area contributed by atoms with E-state index in [1.165, 1.54) is 11.0 Å². The molecule has 0 aromatic heterocycles. The van der Waals surface area contributed by atoms with Gasteiger partial charge in [0.05, 0.1) is 6.04 Å². The molecule has 0 spiro atoms. The van der Waals surface area contributed by atoms with Gasteiger partial charge in [-0.15, -0.1) is 18.9 Å². The second-order valence-corrected chi connectivity index (χ2v) is 16.7. The number of carbonyl (C=O) groups is 6. The zero-order chi connectivity index (χ0) is 37.4. The quantitative estimate of drug-likeness (QED) is 0.107. The highest BCUT2D eigenvalue weighted by Gasteiger charge is 2.48. The number of carbonyl (C=O) groups excluding carboxylic acids is 6. The summed E-state index contributed by atoms with van der Waals surface area (Å²) < 4.78 is 5.55. The fourth-order valence-corrected chi connectivity index (χ4v) is 5.24. The van der Waals surface area contributed by atoms with Crippen LogP contribution in [0, 0.1) is 34.5 Å². The van der Waals surface area contributed by atoms with Crippen LogP contribution in [0.5, 0.6) is 0 Å². The first kappa shape index (κ1) is 42.1. The highest BCUT2D eigenvalue weighted by molar-refractivity contribution is 6.38. The molecule has 5 atom stereocenters. The second-order valence-electron chi connectivity index (χ2n) is 16.7. The van der Waals surface area contributed by atoms with E-state index >= 15 is 0 Å². The molecule has 1 fully saturated rings. The Morgan fingerprint density at radius 2 is 1.44 bits per heavy atom. The van der Waals surface area contributed by atoms with Crippen LogP contribution < -0.4 is 21.3 Å².